The number of carbonyl (C=O) groups excluding carboxylic acids is 1. The summed E-state index contributed by atoms with van der Waals surface area (Å²) in [6.45, 7) is 4.48. The van der Waals surface area contributed by atoms with Crippen LogP contribution in [0.15, 0.2) is 36.4 Å². The molecule has 1 aliphatic carbocycles. The van der Waals surface area contributed by atoms with Crippen molar-refractivity contribution >= 4 is 5.97 Å². The highest BCUT2D eigenvalue weighted by Gasteiger charge is 2.38. The Morgan fingerprint density at radius 1 is 0.825 bits per heavy atom. The van der Waals surface area contributed by atoms with Gasteiger partial charge in [0.25, 0.3) is 0 Å². The maximum absolute atomic E-state index is 12.8. The molecule has 1 aromatic heterocycles. The van der Waals surface area contributed by atoms with E-state index >= 15 is 0 Å². The Morgan fingerprint density at radius 2 is 1.43 bits per heavy atom. The molecule has 3 rings (SSSR count). The average Bonchev–Trinajstić information content (AvgIpc) is 2.99. The molecule has 1 aliphatic rings. The summed E-state index contributed by atoms with van der Waals surface area (Å²) in [6.07, 6.45) is 21.8. The van der Waals surface area contributed by atoms with Crippen molar-refractivity contribution in [1.82, 2.24) is 10.2 Å². The van der Waals surface area contributed by atoms with Gasteiger partial charge in [-0.05, 0) is 56.6 Å². The first kappa shape index (κ1) is 31.8. The van der Waals surface area contributed by atoms with E-state index in [0.29, 0.717) is 12.8 Å². The van der Waals surface area contributed by atoms with Gasteiger partial charge in [-0.3, -0.25) is 4.79 Å². The molecule has 0 saturated heterocycles. The molecular formula is C35H51N3O2. The summed E-state index contributed by atoms with van der Waals surface area (Å²) in [5.74, 6) is -0.174. The number of aromatic nitrogens is 2. The van der Waals surface area contributed by atoms with Crippen LogP contribution >= 0.6 is 0 Å². The zero-order valence-corrected chi connectivity index (χ0v) is 25.1. The van der Waals surface area contributed by atoms with Gasteiger partial charge in [0.1, 0.15) is 0 Å². The summed E-state index contributed by atoms with van der Waals surface area (Å²) in [5.41, 5.74) is 2.87. The number of benzene rings is 1. The second kappa shape index (κ2) is 17.8. The van der Waals surface area contributed by atoms with Crippen LogP contribution in [-0.2, 0) is 11.2 Å². The topological polar surface area (TPSA) is 75.9 Å². The summed E-state index contributed by atoms with van der Waals surface area (Å²) in [6, 6.07) is 14.7. The maximum atomic E-state index is 12.8. The highest BCUT2D eigenvalue weighted by Crippen LogP contribution is 2.42. The fourth-order valence-corrected chi connectivity index (χ4v) is 5.91. The van der Waals surface area contributed by atoms with Crippen molar-refractivity contribution in [2.24, 2.45) is 11.3 Å². The van der Waals surface area contributed by atoms with E-state index in [2.05, 4.69) is 54.4 Å². The van der Waals surface area contributed by atoms with Crippen molar-refractivity contribution in [1.29, 1.82) is 5.26 Å². The standard InChI is InChI=1S/C35H51N3O2/c1-3-5-7-9-10-11-12-14-16-29-17-19-30(20-18-29)32-21-22-33(38-37-32)40-34(39)31-23-26-35(28-36,27-24-31)25-15-13-8-6-4-2/h17-22,31H,3-16,23-27H2,1-2H3. The van der Waals surface area contributed by atoms with Crippen LogP contribution in [0.2, 0.25) is 0 Å². The minimum atomic E-state index is -0.270. The molecule has 0 atom stereocenters. The zero-order valence-electron chi connectivity index (χ0n) is 25.1. The lowest BCUT2D eigenvalue weighted by Crippen LogP contribution is -2.31. The summed E-state index contributed by atoms with van der Waals surface area (Å²) in [4.78, 5) is 12.8. The zero-order chi connectivity index (χ0) is 28.5. The number of rotatable bonds is 18. The fraction of sp³-hybridized carbons (Fsp3) is 0.657. The number of ether oxygens (including phenoxy) is 1. The lowest BCUT2D eigenvalue weighted by atomic mass is 9.69. The van der Waals surface area contributed by atoms with Gasteiger partial charge in [-0.1, -0.05) is 115 Å². The van der Waals surface area contributed by atoms with Crippen LogP contribution in [0.3, 0.4) is 0 Å². The van der Waals surface area contributed by atoms with Crippen LogP contribution in [0.25, 0.3) is 11.3 Å². The Balaban J connectivity index is 1.39. The lowest BCUT2D eigenvalue weighted by Gasteiger charge is -2.34. The molecule has 1 aromatic carbocycles. The second-order valence-corrected chi connectivity index (χ2v) is 11.9. The van der Waals surface area contributed by atoms with E-state index in [0.717, 1.165) is 43.4 Å². The molecule has 0 unspecified atom stereocenters. The first-order chi connectivity index (χ1) is 19.6. The molecule has 1 saturated carbocycles. The summed E-state index contributed by atoms with van der Waals surface area (Å²) < 4.78 is 5.59. The molecular weight excluding hydrogens is 494 g/mol. The van der Waals surface area contributed by atoms with Crippen LogP contribution in [0.5, 0.6) is 5.88 Å². The molecule has 0 radical (unpaired) electrons. The van der Waals surface area contributed by atoms with Gasteiger partial charge in [0.05, 0.1) is 23.1 Å². The van der Waals surface area contributed by atoms with Crippen molar-refractivity contribution in [2.75, 3.05) is 0 Å². The monoisotopic (exact) mass is 545 g/mol. The van der Waals surface area contributed by atoms with Crippen molar-refractivity contribution in [3.05, 3.63) is 42.0 Å². The predicted molar refractivity (Wildman–Crippen MR) is 163 cm³/mol. The molecule has 0 amide bonds. The number of nitriles is 1. The van der Waals surface area contributed by atoms with E-state index in [1.165, 1.54) is 82.6 Å². The van der Waals surface area contributed by atoms with Gasteiger partial charge in [0, 0.05) is 11.6 Å². The Morgan fingerprint density at radius 3 is 2.00 bits per heavy atom. The molecule has 218 valence electrons. The van der Waals surface area contributed by atoms with E-state index in [4.69, 9.17) is 4.74 Å². The number of carbonyl (C=O) groups is 1. The molecule has 5 heteroatoms. The highest BCUT2D eigenvalue weighted by atomic mass is 16.5. The first-order valence-corrected chi connectivity index (χ1v) is 16.1. The first-order valence-electron chi connectivity index (χ1n) is 16.1. The number of aryl methyl sites for hydroxylation is 1. The van der Waals surface area contributed by atoms with Crippen molar-refractivity contribution in [2.45, 2.75) is 136 Å². The number of esters is 1. The van der Waals surface area contributed by atoms with Crippen molar-refractivity contribution < 1.29 is 9.53 Å². The molecule has 2 aromatic rings. The fourth-order valence-electron chi connectivity index (χ4n) is 5.91. The van der Waals surface area contributed by atoms with Gasteiger partial charge >= 0.3 is 5.97 Å². The Hall–Kier alpha value is -2.74. The predicted octanol–water partition coefficient (Wildman–Crippen LogP) is 9.79. The number of nitrogens with zero attached hydrogens (tertiary/aromatic N) is 3. The summed E-state index contributed by atoms with van der Waals surface area (Å²) >= 11 is 0. The van der Waals surface area contributed by atoms with E-state index in [9.17, 15) is 10.1 Å². The van der Waals surface area contributed by atoms with Crippen molar-refractivity contribution in [3.63, 3.8) is 0 Å². The van der Waals surface area contributed by atoms with Crippen LogP contribution in [-0.4, -0.2) is 16.2 Å². The molecule has 1 fully saturated rings. The Labute approximate surface area is 243 Å². The second-order valence-electron chi connectivity index (χ2n) is 11.9. The third-order valence-corrected chi connectivity index (χ3v) is 8.69. The van der Waals surface area contributed by atoms with E-state index in [1.54, 1.807) is 6.07 Å². The third kappa shape index (κ3) is 10.7. The molecule has 0 N–H and O–H groups in total. The van der Waals surface area contributed by atoms with E-state index in [1.807, 2.05) is 6.07 Å². The molecule has 0 bridgehead atoms. The average molecular weight is 546 g/mol. The summed E-state index contributed by atoms with van der Waals surface area (Å²) in [7, 11) is 0. The number of hydrogen-bond acceptors (Lipinski definition) is 5. The normalized spacial score (nSPS) is 18.8. The van der Waals surface area contributed by atoms with Crippen LogP contribution < -0.4 is 4.74 Å². The molecule has 0 aliphatic heterocycles. The van der Waals surface area contributed by atoms with Crippen LogP contribution in [0.4, 0.5) is 0 Å². The quantitative estimate of drug-likeness (QED) is 0.138. The maximum Gasteiger partial charge on any atom is 0.315 e. The largest absolute Gasteiger partial charge is 0.406 e. The van der Waals surface area contributed by atoms with Crippen LogP contribution in [0, 0.1) is 22.7 Å². The van der Waals surface area contributed by atoms with Gasteiger partial charge in [0.2, 0.25) is 5.88 Å². The molecule has 0 spiro atoms. The SMILES string of the molecule is CCCCCCCCCCc1ccc(-c2ccc(OC(=O)C3CCC(C#N)(CCCCCCC)CC3)nn2)cc1. The number of unbranched alkanes of at least 4 members (excludes halogenated alkanes) is 11. The molecule has 5 nitrogen and oxygen atoms in total. The van der Waals surface area contributed by atoms with Gasteiger partial charge in [-0.2, -0.15) is 5.26 Å². The molecule has 1 heterocycles. The highest BCUT2D eigenvalue weighted by molar-refractivity contribution is 5.75. The summed E-state index contributed by atoms with van der Waals surface area (Å²) in [5, 5.41) is 18.3. The van der Waals surface area contributed by atoms with E-state index < -0.39 is 0 Å². The minimum Gasteiger partial charge on any atom is -0.406 e. The number of hydrogen-bond donors (Lipinski definition) is 0. The smallest absolute Gasteiger partial charge is 0.315 e. The minimum absolute atomic E-state index is 0.170. The third-order valence-electron chi connectivity index (χ3n) is 8.69. The Bertz CT molecular complexity index is 1020. The van der Waals surface area contributed by atoms with Crippen molar-refractivity contribution in [3.8, 4) is 23.2 Å². The van der Waals surface area contributed by atoms with Crippen LogP contribution in [0.1, 0.15) is 135 Å². The van der Waals surface area contributed by atoms with E-state index in [-0.39, 0.29) is 23.2 Å². The Kier molecular flexibility index (Phi) is 14.2. The van der Waals surface area contributed by atoms with Gasteiger partial charge in [-0.15, -0.1) is 10.2 Å². The lowest BCUT2D eigenvalue weighted by molar-refractivity contribution is -0.141. The van der Waals surface area contributed by atoms with Gasteiger partial charge < -0.3 is 4.74 Å². The van der Waals surface area contributed by atoms with Gasteiger partial charge in [0.15, 0.2) is 0 Å². The van der Waals surface area contributed by atoms with Gasteiger partial charge in [-0.25, -0.2) is 0 Å². The molecule has 40 heavy (non-hydrogen) atoms.